The van der Waals surface area contributed by atoms with Gasteiger partial charge in [0.05, 0.1) is 7.11 Å². The fraction of sp³-hybridized carbons (Fsp3) is 0.619. The first-order valence-electron chi connectivity index (χ1n) is 9.83. The third-order valence-electron chi connectivity index (χ3n) is 6.96. The van der Waals surface area contributed by atoms with Crippen LogP contribution in [-0.2, 0) is 14.9 Å². The molecule has 4 fully saturated rings. The summed E-state index contributed by atoms with van der Waals surface area (Å²) in [4.78, 5) is 26.2. The number of nitrogens with zero attached hydrogens (tertiary/aromatic N) is 1. The minimum absolute atomic E-state index is 0.0597. The molecule has 0 radical (unpaired) electrons. The number of nitrogens with one attached hydrogen (secondary N) is 1. The lowest BCUT2D eigenvalue weighted by Gasteiger charge is -2.37. The third-order valence-corrected chi connectivity index (χ3v) is 6.96. The molecule has 1 saturated heterocycles. The summed E-state index contributed by atoms with van der Waals surface area (Å²) in [6, 6.07) is 9.21. The second-order valence-electron chi connectivity index (χ2n) is 8.68. The van der Waals surface area contributed by atoms with Gasteiger partial charge < -0.3 is 15.0 Å². The van der Waals surface area contributed by atoms with Crippen molar-refractivity contribution in [3.05, 3.63) is 35.4 Å². The summed E-state index contributed by atoms with van der Waals surface area (Å²) in [5.41, 5.74) is 3.15. The first-order chi connectivity index (χ1) is 12.6. The molecule has 2 amide bonds. The van der Waals surface area contributed by atoms with Crippen molar-refractivity contribution >= 4 is 12.0 Å². The van der Waals surface area contributed by atoms with Gasteiger partial charge in [0.25, 0.3) is 0 Å². The number of benzene rings is 1. The summed E-state index contributed by atoms with van der Waals surface area (Å²) in [6.45, 7) is 1.77. The summed E-state index contributed by atoms with van der Waals surface area (Å²) < 4.78 is 4.62. The fourth-order valence-electron chi connectivity index (χ4n) is 5.04. The smallest absolute Gasteiger partial charge is 0.407 e. The normalized spacial score (nSPS) is 34.7. The summed E-state index contributed by atoms with van der Waals surface area (Å²) in [5.74, 6) is 1.74. The molecule has 1 aliphatic heterocycles. The van der Waals surface area contributed by atoms with Gasteiger partial charge >= 0.3 is 6.09 Å². The number of ether oxygens (including phenoxy) is 1. The quantitative estimate of drug-likeness (QED) is 0.904. The van der Waals surface area contributed by atoms with Crippen molar-refractivity contribution in [2.24, 2.45) is 11.8 Å². The Morgan fingerprint density at radius 3 is 2.81 bits per heavy atom. The van der Waals surface area contributed by atoms with Crippen molar-refractivity contribution in [3.8, 4) is 0 Å². The van der Waals surface area contributed by atoms with Gasteiger partial charge in [0.2, 0.25) is 5.91 Å². The van der Waals surface area contributed by atoms with Crippen LogP contribution >= 0.6 is 0 Å². The Bertz CT molecular complexity index is 753. The minimum atomic E-state index is -0.405. The Morgan fingerprint density at radius 2 is 2.08 bits per heavy atom. The molecular weight excluding hydrogens is 328 g/mol. The monoisotopic (exact) mass is 354 g/mol. The van der Waals surface area contributed by atoms with Crippen molar-refractivity contribution in [3.63, 3.8) is 0 Å². The number of piperidine rings is 1. The van der Waals surface area contributed by atoms with Gasteiger partial charge in [-0.25, -0.2) is 4.79 Å². The minimum Gasteiger partial charge on any atom is -0.453 e. The van der Waals surface area contributed by atoms with Crippen LogP contribution < -0.4 is 5.32 Å². The number of carbonyl (C=O) groups is 2. The highest BCUT2D eigenvalue weighted by atomic mass is 16.5. The molecule has 1 aromatic rings. The Hall–Kier alpha value is -2.04. The Balaban J connectivity index is 1.21. The predicted molar refractivity (Wildman–Crippen MR) is 96.8 cm³/mol. The predicted octanol–water partition coefficient (Wildman–Crippen LogP) is 2.80. The second kappa shape index (κ2) is 5.73. The largest absolute Gasteiger partial charge is 0.453 e. The summed E-state index contributed by atoms with van der Waals surface area (Å²) in [7, 11) is 1.37. The number of fused-ring (bicyclic) bond motifs is 1. The molecular formula is C21H26N2O3. The van der Waals surface area contributed by atoms with Gasteiger partial charge in [-0.2, -0.15) is 0 Å². The lowest BCUT2D eigenvalue weighted by atomic mass is 9.79. The first-order valence-corrected chi connectivity index (χ1v) is 9.83. The molecule has 5 rings (SSSR count). The van der Waals surface area contributed by atoms with E-state index >= 15 is 0 Å². The lowest BCUT2D eigenvalue weighted by molar-refractivity contribution is -0.138. The highest BCUT2D eigenvalue weighted by molar-refractivity contribution is 5.81. The molecule has 1 N–H and O–H groups in total. The summed E-state index contributed by atoms with van der Waals surface area (Å²) >= 11 is 0. The van der Waals surface area contributed by atoms with E-state index in [-0.39, 0.29) is 23.3 Å². The van der Waals surface area contributed by atoms with E-state index in [1.165, 1.54) is 37.5 Å². The second-order valence-corrected chi connectivity index (χ2v) is 8.68. The number of carbonyl (C=O) groups excluding carboxylic acids is 2. The van der Waals surface area contributed by atoms with Crippen LogP contribution in [0.15, 0.2) is 24.3 Å². The van der Waals surface area contributed by atoms with E-state index in [4.69, 9.17) is 0 Å². The zero-order valence-corrected chi connectivity index (χ0v) is 15.2. The topological polar surface area (TPSA) is 58.6 Å². The van der Waals surface area contributed by atoms with Crippen molar-refractivity contribution in [2.75, 3.05) is 20.2 Å². The molecule has 0 bridgehead atoms. The van der Waals surface area contributed by atoms with E-state index in [2.05, 4.69) is 39.2 Å². The molecule has 1 aromatic carbocycles. The number of likely N-dealkylation sites (tertiary alicyclic amines) is 1. The third kappa shape index (κ3) is 2.60. The summed E-state index contributed by atoms with van der Waals surface area (Å²) in [5, 5.41) is 2.78. The molecule has 0 spiro atoms. The number of methoxy groups -OCH3 is 1. The van der Waals surface area contributed by atoms with Crippen LogP contribution in [0.3, 0.4) is 0 Å². The van der Waals surface area contributed by atoms with Gasteiger partial charge in [-0.3, -0.25) is 4.79 Å². The van der Waals surface area contributed by atoms with Crippen molar-refractivity contribution in [1.29, 1.82) is 0 Å². The van der Waals surface area contributed by atoms with Crippen LogP contribution in [-0.4, -0.2) is 43.1 Å². The van der Waals surface area contributed by atoms with Gasteiger partial charge in [-0.05, 0) is 55.1 Å². The Kier molecular flexibility index (Phi) is 3.56. The highest BCUT2D eigenvalue weighted by Crippen LogP contribution is 2.60. The molecule has 4 aliphatic rings. The first kappa shape index (κ1) is 16.2. The average Bonchev–Trinajstić information content (AvgIpc) is 3.55. The van der Waals surface area contributed by atoms with Crippen LogP contribution in [0.2, 0.25) is 0 Å². The van der Waals surface area contributed by atoms with Crippen molar-refractivity contribution in [2.45, 2.75) is 49.5 Å². The molecule has 26 heavy (non-hydrogen) atoms. The van der Waals surface area contributed by atoms with E-state index in [1.807, 2.05) is 0 Å². The molecule has 5 heteroatoms. The number of hydrogen-bond donors (Lipinski definition) is 1. The van der Waals surface area contributed by atoms with E-state index in [9.17, 15) is 9.59 Å². The fourth-order valence-corrected chi connectivity index (χ4v) is 5.04. The Morgan fingerprint density at radius 1 is 1.27 bits per heavy atom. The number of hydrogen-bond acceptors (Lipinski definition) is 3. The van der Waals surface area contributed by atoms with Gasteiger partial charge in [-0.15, -0.1) is 0 Å². The standard InChI is InChI=1S/C21H26N2O3/c1-26-20(25)22-18-8-15(9-18)19(24)23-11-17-10-21(17,12-23)16-4-2-3-14(7-16)13-5-6-13/h2-4,7,13,15,17-18H,5-6,8-12H2,1H3,(H,22,25). The zero-order valence-electron chi connectivity index (χ0n) is 15.2. The average molecular weight is 354 g/mol. The van der Waals surface area contributed by atoms with Crippen LogP contribution in [0, 0.1) is 11.8 Å². The number of rotatable bonds is 4. The maximum atomic E-state index is 12.8. The summed E-state index contributed by atoms with van der Waals surface area (Å²) in [6.07, 6.45) is 4.94. The SMILES string of the molecule is COC(=O)NC1CC(C(=O)N2CC3CC3(c3cccc(C4CC4)c3)C2)C1. The molecule has 5 nitrogen and oxygen atoms in total. The molecule has 0 aromatic heterocycles. The molecule has 3 aliphatic carbocycles. The van der Waals surface area contributed by atoms with E-state index in [0.29, 0.717) is 5.92 Å². The van der Waals surface area contributed by atoms with E-state index in [0.717, 1.165) is 31.8 Å². The van der Waals surface area contributed by atoms with Gasteiger partial charge in [0, 0.05) is 30.5 Å². The molecule has 2 atom stereocenters. The van der Waals surface area contributed by atoms with Crippen LogP contribution in [0.5, 0.6) is 0 Å². The van der Waals surface area contributed by atoms with E-state index < -0.39 is 6.09 Å². The van der Waals surface area contributed by atoms with Gasteiger partial charge in [-0.1, -0.05) is 24.3 Å². The number of alkyl carbamates (subject to hydrolysis) is 1. The van der Waals surface area contributed by atoms with Gasteiger partial charge in [0.1, 0.15) is 0 Å². The molecule has 138 valence electrons. The molecule has 2 unspecified atom stereocenters. The molecule has 1 heterocycles. The zero-order chi connectivity index (χ0) is 17.9. The van der Waals surface area contributed by atoms with Gasteiger partial charge in [0.15, 0.2) is 0 Å². The van der Waals surface area contributed by atoms with Crippen LogP contribution in [0.1, 0.15) is 49.1 Å². The lowest BCUT2D eigenvalue weighted by Crippen LogP contribution is -2.50. The molecule has 3 saturated carbocycles. The maximum absolute atomic E-state index is 12.8. The maximum Gasteiger partial charge on any atom is 0.407 e. The van der Waals surface area contributed by atoms with Crippen molar-refractivity contribution < 1.29 is 14.3 Å². The van der Waals surface area contributed by atoms with E-state index in [1.54, 1.807) is 0 Å². The van der Waals surface area contributed by atoms with Crippen LogP contribution in [0.25, 0.3) is 0 Å². The Labute approximate surface area is 154 Å². The van der Waals surface area contributed by atoms with Crippen LogP contribution in [0.4, 0.5) is 4.79 Å². The van der Waals surface area contributed by atoms with Crippen molar-refractivity contribution in [1.82, 2.24) is 10.2 Å². The highest BCUT2D eigenvalue weighted by Gasteiger charge is 2.62. The number of amides is 2.